The SMILES string of the molecule is CC(CCO)NC(CN)c1ccc(F)cc1Br. The van der Waals surface area contributed by atoms with Crippen molar-refractivity contribution in [2.24, 2.45) is 5.73 Å². The molecular formula is C12H18BrFN2O. The van der Waals surface area contributed by atoms with E-state index in [1.54, 1.807) is 6.07 Å². The summed E-state index contributed by atoms with van der Waals surface area (Å²) in [5.41, 5.74) is 6.65. The highest BCUT2D eigenvalue weighted by Gasteiger charge is 2.15. The van der Waals surface area contributed by atoms with Crippen molar-refractivity contribution in [2.45, 2.75) is 25.4 Å². The van der Waals surface area contributed by atoms with Crippen LogP contribution in [0.25, 0.3) is 0 Å². The first-order valence-corrected chi connectivity index (χ1v) is 6.39. The Morgan fingerprint density at radius 3 is 2.76 bits per heavy atom. The van der Waals surface area contributed by atoms with E-state index in [1.165, 1.54) is 12.1 Å². The van der Waals surface area contributed by atoms with Crippen LogP contribution in [-0.2, 0) is 0 Å². The molecule has 0 aliphatic rings. The van der Waals surface area contributed by atoms with Gasteiger partial charge in [0, 0.05) is 29.7 Å². The van der Waals surface area contributed by atoms with Gasteiger partial charge in [0.15, 0.2) is 0 Å². The molecule has 3 nitrogen and oxygen atoms in total. The van der Waals surface area contributed by atoms with Gasteiger partial charge < -0.3 is 16.2 Å². The first-order valence-electron chi connectivity index (χ1n) is 5.60. The summed E-state index contributed by atoms with van der Waals surface area (Å²) in [5, 5.41) is 12.2. The molecule has 0 bridgehead atoms. The molecule has 0 aromatic heterocycles. The lowest BCUT2D eigenvalue weighted by Crippen LogP contribution is -2.35. The van der Waals surface area contributed by atoms with Crippen molar-refractivity contribution in [1.29, 1.82) is 0 Å². The van der Waals surface area contributed by atoms with Gasteiger partial charge in [-0.05, 0) is 31.0 Å². The van der Waals surface area contributed by atoms with E-state index in [2.05, 4.69) is 21.2 Å². The second kappa shape index (κ2) is 7.06. The third-order valence-electron chi connectivity index (χ3n) is 2.62. The quantitative estimate of drug-likeness (QED) is 0.753. The van der Waals surface area contributed by atoms with Gasteiger partial charge in [-0.25, -0.2) is 4.39 Å². The second-order valence-corrected chi connectivity index (χ2v) is 4.89. The molecule has 0 aliphatic heterocycles. The highest BCUT2D eigenvalue weighted by Crippen LogP contribution is 2.24. The van der Waals surface area contributed by atoms with Crippen molar-refractivity contribution in [3.05, 3.63) is 34.1 Å². The summed E-state index contributed by atoms with van der Waals surface area (Å²) in [4.78, 5) is 0. The molecule has 5 heteroatoms. The van der Waals surface area contributed by atoms with Gasteiger partial charge in [-0.3, -0.25) is 0 Å². The molecule has 0 amide bonds. The number of halogens is 2. The summed E-state index contributed by atoms with van der Waals surface area (Å²) >= 11 is 3.33. The Labute approximate surface area is 109 Å². The minimum absolute atomic E-state index is 0.0495. The largest absolute Gasteiger partial charge is 0.396 e. The molecule has 2 unspecified atom stereocenters. The molecule has 1 rings (SSSR count). The maximum Gasteiger partial charge on any atom is 0.124 e. The van der Waals surface area contributed by atoms with Gasteiger partial charge in [0.2, 0.25) is 0 Å². The molecule has 17 heavy (non-hydrogen) atoms. The average molecular weight is 305 g/mol. The average Bonchev–Trinajstić information content (AvgIpc) is 2.27. The fraction of sp³-hybridized carbons (Fsp3) is 0.500. The van der Waals surface area contributed by atoms with Crippen LogP contribution in [-0.4, -0.2) is 24.3 Å². The predicted octanol–water partition coefficient (Wildman–Crippen LogP) is 1.95. The first kappa shape index (κ1) is 14.6. The Morgan fingerprint density at radius 2 is 2.24 bits per heavy atom. The number of rotatable bonds is 6. The van der Waals surface area contributed by atoms with Gasteiger partial charge in [0.1, 0.15) is 5.82 Å². The molecule has 0 heterocycles. The molecule has 0 spiro atoms. The molecule has 1 aromatic carbocycles. The summed E-state index contributed by atoms with van der Waals surface area (Å²) in [6.07, 6.45) is 0.662. The van der Waals surface area contributed by atoms with Gasteiger partial charge >= 0.3 is 0 Å². The van der Waals surface area contributed by atoms with Gasteiger partial charge in [-0.2, -0.15) is 0 Å². The van der Waals surface area contributed by atoms with Crippen LogP contribution in [0.4, 0.5) is 4.39 Å². The monoisotopic (exact) mass is 304 g/mol. The van der Waals surface area contributed by atoms with Crippen LogP contribution >= 0.6 is 15.9 Å². The number of aliphatic hydroxyl groups is 1. The lowest BCUT2D eigenvalue weighted by atomic mass is 10.1. The summed E-state index contributed by atoms with van der Waals surface area (Å²) in [6, 6.07) is 4.67. The van der Waals surface area contributed by atoms with Crippen LogP contribution in [0, 0.1) is 5.82 Å². The fourth-order valence-corrected chi connectivity index (χ4v) is 2.32. The van der Waals surface area contributed by atoms with Crippen molar-refractivity contribution in [1.82, 2.24) is 5.32 Å². The number of hydrogen-bond acceptors (Lipinski definition) is 3. The molecule has 0 saturated carbocycles. The first-order chi connectivity index (χ1) is 8.08. The highest BCUT2D eigenvalue weighted by atomic mass is 79.9. The molecule has 0 saturated heterocycles. The summed E-state index contributed by atoms with van der Waals surface area (Å²) < 4.78 is 13.7. The molecule has 96 valence electrons. The highest BCUT2D eigenvalue weighted by molar-refractivity contribution is 9.10. The third kappa shape index (κ3) is 4.35. The van der Waals surface area contributed by atoms with Gasteiger partial charge in [0.05, 0.1) is 0 Å². The minimum Gasteiger partial charge on any atom is -0.396 e. The number of aliphatic hydroxyl groups excluding tert-OH is 1. The van der Waals surface area contributed by atoms with Crippen molar-refractivity contribution in [3.8, 4) is 0 Å². The van der Waals surface area contributed by atoms with Gasteiger partial charge in [0.25, 0.3) is 0 Å². The van der Waals surface area contributed by atoms with Crippen molar-refractivity contribution in [3.63, 3.8) is 0 Å². The lowest BCUT2D eigenvalue weighted by Gasteiger charge is -2.23. The number of nitrogens with two attached hydrogens (primary N) is 1. The molecule has 0 fully saturated rings. The molecule has 1 aromatic rings. The number of benzene rings is 1. The van der Waals surface area contributed by atoms with Crippen LogP contribution in [0.15, 0.2) is 22.7 Å². The molecule has 2 atom stereocenters. The zero-order valence-corrected chi connectivity index (χ0v) is 11.4. The standard InChI is InChI=1S/C12H18BrFN2O/c1-8(4-5-17)16-12(7-15)10-3-2-9(14)6-11(10)13/h2-3,6,8,12,16-17H,4-5,7,15H2,1H3. The van der Waals surface area contributed by atoms with Crippen molar-refractivity contribution >= 4 is 15.9 Å². The van der Waals surface area contributed by atoms with E-state index in [0.717, 1.165) is 5.56 Å². The maximum absolute atomic E-state index is 13.0. The molecule has 0 aliphatic carbocycles. The Morgan fingerprint density at radius 1 is 1.53 bits per heavy atom. The van der Waals surface area contributed by atoms with Crippen LogP contribution < -0.4 is 11.1 Å². The maximum atomic E-state index is 13.0. The Balaban J connectivity index is 2.79. The predicted molar refractivity (Wildman–Crippen MR) is 70.2 cm³/mol. The summed E-state index contributed by atoms with van der Waals surface area (Å²) in [6.45, 7) is 2.53. The van der Waals surface area contributed by atoms with Crippen molar-refractivity contribution in [2.75, 3.05) is 13.2 Å². The van der Waals surface area contributed by atoms with Crippen LogP contribution in [0.1, 0.15) is 24.9 Å². The van der Waals surface area contributed by atoms with E-state index in [1.807, 2.05) is 6.92 Å². The van der Waals surface area contributed by atoms with Crippen LogP contribution in [0.2, 0.25) is 0 Å². The van der Waals surface area contributed by atoms with E-state index in [4.69, 9.17) is 10.8 Å². The number of nitrogens with one attached hydrogen (secondary N) is 1. The lowest BCUT2D eigenvalue weighted by molar-refractivity contribution is 0.263. The molecule has 0 radical (unpaired) electrons. The second-order valence-electron chi connectivity index (χ2n) is 4.03. The van der Waals surface area contributed by atoms with Crippen molar-refractivity contribution < 1.29 is 9.50 Å². The summed E-state index contributed by atoms with van der Waals surface area (Å²) in [7, 11) is 0. The molecular weight excluding hydrogens is 287 g/mol. The van der Waals surface area contributed by atoms with Gasteiger partial charge in [-0.15, -0.1) is 0 Å². The van der Waals surface area contributed by atoms with Gasteiger partial charge in [-0.1, -0.05) is 22.0 Å². The Kier molecular flexibility index (Phi) is 6.05. The van der Waals surface area contributed by atoms with E-state index in [9.17, 15) is 4.39 Å². The van der Waals surface area contributed by atoms with Crippen LogP contribution in [0.3, 0.4) is 0 Å². The fourth-order valence-electron chi connectivity index (χ4n) is 1.69. The van der Waals surface area contributed by atoms with E-state index in [0.29, 0.717) is 17.4 Å². The van der Waals surface area contributed by atoms with E-state index >= 15 is 0 Å². The third-order valence-corrected chi connectivity index (χ3v) is 3.31. The molecule has 4 N–H and O–H groups in total. The Hall–Kier alpha value is -0.490. The van der Waals surface area contributed by atoms with E-state index in [-0.39, 0.29) is 24.5 Å². The smallest absolute Gasteiger partial charge is 0.124 e. The number of hydrogen-bond donors (Lipinski definition) is 3. The summed E-state index contributed by atoms with van der Waals surface area (Å²) in [5.74, 6) is -0.278. The zero-order chi connectivity index (χ0) is 12.8. The topological polar surface area (TPSA) is 58.3 Å². The van der Waals surface area contributed by atoms with E-state index < -0.39 is 0 Å². The zero-order valence-electron chi connectivity index (χ0n) is 9.79. The Bertz CT molecular complexity index is 362. The minimum atomic E-state index is -0.278. The normalized spacial score (nSPS) is 14.6. The van der Waals surface area contributed by atoms with Crippen LogP contribution in [0.5, 0.6) is 0 Å².